The third-order valence-electron chi connectivity index (χ3n) is 4.19. The first-order valence-electron chi connectivity index (χ1n) is 8.97. The first-order valence-corrected chi connectivity index (χ1v) is 9.76. The minimum atomic E-state index is -0.731. The van der Waals surface area contributed by atoms with Gasteiger partial charge in [0, 0.05) is 17.4 Å². The largest absolute Gasteiger partial charge is 0.464 e. The van der Waals surface area contributed by atoms with Crippen LogP contribution in [-0.2, 0) is 14.3 Å². The molecule has 1 N–H and O–H groups in total. The maximum atomic E-state index is 12.3. The zero-order valence-electron chi connectivity index (χ0n) is 15.4. The summed E-state index contributed by atoms with van der Waals surface area (Å²) >= 11 is 3.29. The molecule has 0 radical (unpaired) electrons. The molecule has 0 saturated heterocycles. The van der Waals surface area contributed by atoms with Crippen LogP contribution in [-0.4, -0.2) is 47.8 Å². The van der Waals surface area contributed by atoms with Crippen LogP contribution in [0.5, 0.6) is 0 Å². The summed E-state index contributed by atoms with van der Waals surface area (Å²) < 4.78 is 5.77. The molecule has 27 heavy (non-hydrogen) atoms. The molecule has 2 rings (SSSR count). The quantitative estimate of drug-likeness (QED) is 0.363. The van der Waals surface area contributed by atoms with Crippen molar-refractivity contribution in [3.8, 4) is 0 Å². The molecule has 1 aromatic rings. The van der Waals surface area contributed by atoms with Crippen LogP contribution < -0.4 is 5.32 Å². The third kappa shape index (κ3) is 5.38. The molecule has 7 nitrogen and oxygen atoms in total. The number of rotatable bonds is 9. The Morgan fingerprint density at radius 2 is 1.89 bits per heavy atom. The number of amides is 3. The maximum Gasteiger partial charge on any atom is 0.328 e. The van der Waals surface area contributed by atoms with Crippen LogP contribution in [0.1, 0.15) is 60.2 Å². The van der Waals surface area contributed by atoms with Crippen molar-refractivity contribution >= 4 is 39.6 Å². The topological polar surface area (TPSA) is 92.8 Å². The van der Waals surface area contributed by atoms with Gasteiger partial charge in [-0.3, -0.25) is 19.3 Å². The molecule has 1 aliphatic rings. The second-order valence-electron chi connectivity index (χ2n) is 6.37. The van der Waals surface area contributed by atoms with E-state index >= 15 is 0 Å². The average Bonchev–Trinajstić information content (AvgIpc) is 2.86. The van der Waals surface area contributed by atoms with Crippen molar-refractivity contribution in [1.82, 2.24) is 10.2 Å². The van der Waals surface area contributed by atoms with E-state index in [0.29, 0.717) is 24.2 Å². The van der Waals surface area contributed by atoms with Crippen molar-refractivity contribution in [2.24, 2.45) is 0 Å². The predicted molar refractivity (Wildman–Crippen MR) is 102 cm³/mol. The Morgan fingerprint density at radius 3 is 2.59 bits per heavy atom. The highest BCUT2D eigenvalue weighted by atomic mass is 79.9. The Labute approximate surface area is 166 Å². The van der Waals surface area contributed by atoms with Gasteiger partial charge in [0.15, 0.2) is 0 Å². The van der Waals surface area contributed by atoms with Gasteiger partial charge in [-0.15, -0.1) is 0 Å². The predicted octanol–water partition coefficient (Wildman–Crippen LogP) is 2.67. The van der Waals surface area contributed by atoms with Gasteiger partial charge in [0.1, 0.15) is 6.04 Å². The smallest absolute Gasteiger partial charge is 0.328 e. The zero-order valence-corrected chi connectivity index (χ0v) is 17.0. The van der Waals surface area contributed by atoms with Gasteiger partial charge in [0.05, 0.1) is 17.7 Å². The van der Waals surface area contributed by atoms with Crippen LogP contribution in [0.2, 0.25) is 0 Å². The Kier molecular flexibility index (Phi) is 7.53. The fraction of sp³-hybridized carbons (Fsp3) is 0.474. The number of nitrogens with zero attached hydrogens (tertiary/aromatic N) is 1. The second-order valence-corrected chi connectivity index (χ2v) is 7.28. The first-order chi connectivity index (χ1) is 12.8. The number of halogens is 1. The highest BCUT2D eigenvalue weighted by Gasteiger charge is 2.35. The number of esters is 1. The van der Waals surface area contributed by atoms with E-state index in [4.69, 9.17) is 4.74 Å². The van der Waals surface area contributed by atoms with E-state index in [2.05, 4.69) is 21.2 Å². The van der Waals surface area contributed by atoms with Crippen LogP contribution in [0.25, 0.3) is 0 Å². The number of nitrogens with one attached hydrogen (secondary N) is 1. The highest BCUT2D eigenvalue weighted by Crippen LogP contribution is 2.26. The molecule has 1 unspecified atom stereocenters. The number of hydrogen-bond donors (Lipinski definition) is 1. The van der Waals surface area contributed by atoms with E-state index in [1.807, 2.05) is 6.92 Å². The second kappa shape index (κ2) is 9.64. The number of imide groups is 1. The van der Waals surface area contributed by atoms with Crippen LogP contribution >= 0.6 is 15.9 Å². The van der Waals surface area contributed by atoms with Crippen LogP contribution in [0, 0.1) is 0 Å². The number of ether oxygens (including phenoxy) is 1. The van der Waals surface area contributed by atoms with Crippen molar-refractivity contribution in [2.45, 2.75) is 45.6 Å². The van der Waals surface area contributed by atoms with Crippen LogP contribution in [0.4, 0.5) is 0 Å². The Bertz CT molecular complexity index is 750. The Hall–Kier alpha value is -2.22. The summed E-state index contributed by atoms with van der Waals surface area (Å²) in [4.78, 5) is 49.5. The molecule has 146 valence electrons. The molecule has 3 amide bonds. The molecule has 1 aliphatic heterocycles. The minimum absolute atomic E-state index is 0.101. The lowest BCUT2D eigenvalue weighted by molar-refractivity contribution is -0.147. The summed E-state index contributed by atoms with van der Waals surface area (Å²) in [6.45, 7) is 4.04. The van der Waals surface area contributed by atoms with E-state index in [0.717, 1.165) is 22.2 Å². The van der Waals surface area contributed by atoms with E-state index in [1.165, 1.54) is 0 Å². The average molecular weight is 439 g/mol. The van der Waals surface area contributed by atoms with Crippen molar-refractivity contribution in [3.05, 3.63) is 33.8 Å². The third-order valence-corrected chi connectivity index (χ3v) is 4.68. The summed E-state index contributed by atoms with van der Waals surface area (Å²) in [7, 11) is 0. The summed E-state index contributed by atoms with van der Waals surface area (Å²) in [5.41, 5.74) is 0.735. The lowest BCUT2D eigenvalue weighted by Crippen LogP contribution is -2.40. The summed E-state index contributed by atoms with van der Waals surface area (Å²) in [6, 6.07) is 4.21. The molecule has 0 aromatic heterocycles. The molecule has 0 aliphatic carbocycles. The number of benzene rings is 1. The Morgan fingerprint density at radius 1 is 1.19 bits per heavy atom. The zero-order chi connectivity index (χ0) is 20.0. The van der Waals surface area contributed by atoms with Gasteiger partial charge in [0.2, 0.25) is 5.91 Å². The van der Waals surface area contributed by atoms with Crippen LogP contribution in [0.15, 0.2) is 22.7 Å². The summed E-state index contributed by atoms with van der Waals surface area (Å²) in [5, 5.41) is 2.57. The van der Waals surface area contributed by atoms with Crippen molar-refractivity contribution in [2.75, 3.05) is 13.2 Å². The molecule has 0 saturated carbocycles. The first kappa shape index (κ1) is 21.1. The Balaban J connectivity index is 1.78. The highest BCUT2D eigenvalue weighted by molar-refractivity contribution is 9.10. The standard InChI is InChI=1S/C19H23BrN2O5/c1-3-4-10-27-19(26)12(2)21-16(23)6-5-9-22-17(24)14-8-7-13(20)11-15(14)18(22)25/h7-8,11-12H,3-6,9-10H2,1-2H3,(H,21,23). The van der Waals surface area contributed by atoms with Gasteiger partial charge in [-0.2, -0.15) is 0 Å². The van der Waals surface area contributed by atoms with E-state index < -0.39 is 12.0 Å². The maximum absolute atomic E-state index is 12.3. The minimum Gasteiger partial charge on any atom is -0.464 e. The van der Waals surface area contributed by atoms with E-state index in [9.17, 15) is 19.2 Å². The van der Waals surface area contributed by atoms with Crippen LogP contribution in [0.3, 0.4) is 0 Å². The van der Waals surface area contributed by atoms with E-state index in [-0.39, 0.29) is 30.7 Å². The number of carbonyl (C=O) groups is 4. The molecular formula is C19H23BrN2O5. The number of hydrogen-bond acceptors (Lipinski definition) is 5. The number of carbonyl (C=O) groups excluding carboxylic acids is 4. The normalized spacial score (nSPS) is 14.1. The monoisotopic (exact) mass is 438 g/mol. The number of fused-ring (bicyclic) bond motifs is 1. The molecular weight excluding hydrogens is 416 g/mol. The van der Waals surface area contributed by atoms with Gasteiger partial charge in [0.25, 0.3) is 11.8 Å². The van der Waals surface area contributed by atoms with Crippen molar-refractivity contribution in [3.63, 3.8) is 0 Å². The molecule has 1 aromatic carbocycles. The molecule has 8 heteroatoms. The lowest BCUT2D eigenvalue weighted by atomic mass is 10.1. The fourth-order valence-corrected chi connectivity index (χ4v) is 3.04. The lowest BCUT2D eigenvalue weighted by Gasteiger charge is -2.15. The van der Waals surface area contributed by atoms with Crippen molar-refractivity contribution in [1.29, 1.82) is 0 Å². The van der Waals surface area contributed by atoms with Gasteiger partial charge < -0.3 is 10.1 Å². The van der Waals surface area contributed by atoms with Gasteiger partial charge >= 0.3 is 5.97 Å². The van der Waals surface area contributed by atoms with Gasteiger partial charge in [-0.25, -0.2) is 4.79 Å². The molecule has 0 spiro atoms. The fourth-order valence-electron chi connectivity index (χ4n) is 2.68. The number of unbranched alkanes of at least 4 members (excludes halogenated alkanes) is 1. The van der Waals surface area contributed by atoms with Gasteiger partial charge in [-0.1, -0.05) is 29.3 Å². The molecule has 0 bridgehead atoms. The molecule has 1 heterocycles. The summed E-state index contributed by atoms with van der Waals surface area (Å²) in [6.07, 6.45) is 2.12. The van der Waals surface area contributed by atoms with Gasteiger partial charge in [-0.05, 0) is 38.0 Å². The molecule has 0 fully saturated rings. The van der Waals surface area contributed by atoms with Crippen molar-refractivity contribution < 1.29 is 23.9 Å². The van der Waals surface area contributed by atoms with E-state index in [1.54, 1.807) is 25.1 Å². The SMILES string of the molecule is CCCCOC(=O)C(C)NC(=O)CCCN1C(=O)c2ccc(Br)cc2C1=O. The molecule has 1 atom stereocenters. The summed E-state index contributed by atoms with van der Waals surface area (Å²) in [5.74, 6) is -1.50.